The van der Waals surface area contributed by atoms with E-state index in [-0.39, 0.29) is 0 Å². The van der Waals surface area contributed by atoms with Gasteiger partial charge >= 0.3 is 0 Å². The Bertz CT molecular complexity index is 2840. The molecule has 0 N–H and O–H groups in total. The van der Waals surface area contributed by atoms with Crippen LogP contribution in [0.4, 0.5) is 17.1 Å². The van der Waals surface area contributed by atoms with Gasteiger partial charge in [-0.15, -0.1) is 0 Å². The summed E-state index contributed by atoms with van der Waals surface area (Å²) in [5.74, 6) is 0. The Morgan fingerprint density at radius 1 is 0.373 bits per heavy atom. The van der Waals surface area contributed by atoms with Crippen molar-refractivity contribution in [2.45, 2.75) is 12.3 Å². The van der Waals surface area contributed by atoms with E-state index in [4.69, 9.17) is 0 Å². The third-order valence-corrected chi connectivity index (χ3v) is 11.5. The van der Waals surface area contributed by atoms with E-state index in [1.807, 2.05) is 0 Å². The highest BCUT2D eigenvalue weighted by Crippen LogP contribution is 2.67. The molecule has 9 aromatic rings. The zero-order valence-electron chi connectivity index (χ0n) is 28.3. The molecule has 0 heterocycles. The normalized spacial score (nSPS) is 13.4. The van der Waals surface area contributed by atoms with Crippen molar-refractivity contribution < 1.29 is 0 Å². The van der Waals surface area contributed by atoms with Crippen LogP contribution in [0, 0.1) is 6.92 Å². The van der Waals surface area contributed by atoms with Crippen molar-refractivity contribution in [3.8, 4) is 22.3 Å². The van der Waals surface area contributed by atoms with Crippen LogP contribution in [0.5, 0.6) is 0 Å². The van der Waals surface area contributed by atoms with Crippen molar-refractivity contribution in [3.63, 3.8) is 0 Å². The van der Waals surface area contributed by atoms with Crippen LogP contribution in [-0.4, -0.2) is 0 Å². The van der Waals surface area contributed by atoms with Gasteiger partial charge in [-0.1, -0.05) is 152 Å². The van der Waals surface area contributed by atoms with E-state index in [1.165, 1.54) is 88.1 Å². The summed E-state index contributed by atoms with van der Waals surface area (Å²) in [4.78, 5) is 2.47. The van der Waals surface area contributed by atoms with E-state index in [2.05, 4.69) is 194 Å². The van der Waals surface area contributed by atoms with Crippen molar-refractivity contribution in [2.24, 2.45) is 0 Å². The van der Waals surface area contributed by atoms with Crippen LogP contribution >= 0.6 is 0 Å². The Hall–Kier alpha value is -6.44. The van der Waals surface area contributed by atoms with Gasteiger partial charge in [-0.05, 0) is 114 Å². The molecule has 0 atom stereocenters. The van der Waals surface area contributed by atoms with Gasteiger partial charge in [0.2, 0.25) is 0 Å². The Kier molecular flexibility index (Phi) is 5.86. The molecule has 0 saturated heterocycles. The van der Waals surface area contributed by atoms with Crippen molar-refractivity contribution in [1.82, 2.24) is 0 Å². The highest BCUT2D eigenvalue weighted by Gasteiger charge is 2.53. The number of rotatable bonds is 3. The molecule has 0 aromatic heterocycles. The minimum Gasteiger partial charge on any atom is -0.310 e. The molecule has 0 amide bonds. The highest BCUT2D eigenvalue weighted by atomic mass is 15.1. The highest BCUT2D eigenvalue weighted by molar-refractivity contribution is 6.24. The van der Waals surface area contributed by atoms with E-state index in [0.717, 1.165) is 11.4 Å². The zero-order valence-corrected chi connectivity index (χ0v) is 28.3. The van der Waals surface area contributed by atoms with E-state index >= 15 is 0 Å². The molecule has 9 aromatic carbocycles. The average molecular weight is 648 g/mol. The van der Waals surface area contributed by atoms with Crippen molar-refractivity contribution in [1.29, 1.82) is 0 Å². The number of anilines is 3. The van der Waals surface area contributed by atoms with Crippen LogP contribution in [0.2, 0.25) is 0 Å². The fourth-order valence-corrected chi connectivity index (χ4v) is 9.60. The van der Waals surface area contributed by atoms with Crippen molar-refractivity contribution >= 4 is 49.4 Å². The topological polar surface area (TPSA) is 3.24 Å². The summed E-state index contributed by atoms with van der Waals surface area (Å²) in [5, 5.41) is 7.74. The predicted octanol–water partition coefficient (Wildman–Crippen LogP) is 13.3. The number of hydrogen-bond donors (Lipinski definition) is 0. The molecule has 0 unspecified atom stereocenters. The van der Waals surface area contributed by atoms with E-state index in [0.29, 0.717) is 0 Å². The second-order valence-electron chi connectivity index (χ2n) is 14.1. The number of aryl methyl sites for hydroxylation is 1. The molecule has 0 fully saturated rings. The Balaban J connectivity index is 1.40. The molecule has 51 heavy (non-hydrogen) atoms. The lowest BCUT2D eigenvalue weighted by Crippen LogP contribution is -2.26. The monoisotopic (exact) mass is 647 g/mol. The molecule has 1 heteroatoms. The minimum absolute atomic E-state index is 0.519. The summed E-state index contributed by atoms with van der Waals surface area (Å²) in [6.45, 7) is 2.18. The maximum atomic E-state index is 2.55. The maximum absolute atomic E-state index is 2.55. The number of benzene rings is 9. The fourth-order valence-electron chi connectivity index (χ4n) is 9.60. The average Bonchev–Trinajstić information content (AvgIpc) is 3.67. The van der Waals surface area contributed by atoms with Gasteiger partial charge in [0.05, 0.1) is 11.1 Å². The van der Waals surface area contributed by atoms with Crippen molar-refractivity contribution in [2.75, 3.05) is 4.90 Å². The van der Waals surface area contributed by atoms with E-state index < -0.39 is 5.41 Å². The van der Waals surface area contributed by atoms with Gasteiger partial charge in [-0.2, -0.15) is 0 Å². The molecular weight excluding hydrogens is 615 g/mol. The first kappa shape index (κ1) is 28.4. The quantitative estimate of drug-likeness (QED) is 0.173. The molecule has 11 rings (SSSR count). The van der Waals surface area contributed by atoms with Gasteiger partial charge < -0.3 is 4.90 Å². The molecule has 238 valence electrons. The van der Waals surface area contributed by atoms with Gasteiger partial charge in [0.15, 0.2) is 0 Å². The Labute approximate surface area is 297 Å². The molecule has 0 saturated carbocycles. The summed E-state index contributed by atoms with van der Waals surface area (Å²) < 4.78 is 0. The molecule has 2 aliphatic rings. The largest absolute Gasteiger partial charge is 0.310 e. The molecule has 1 nitrogen and oxygen atoms in total. The minimum atomic E-state index is -0.519. The van der Waals surface area contributed by atoms with Crippen LogP contribution in [0.1, 0.15) is 27.8 Å². The molecule has 0 radical (unpaired) electrons. The number of para-hydroxylation sites is 1. The van der Waals surface area contributed by atoms with Crippen LogP contribution in [0.25, 0.3) is 54.6 Å². The summed E-state index contributed by atoms with van der Waals surface area (Å²) in [7, 11) is 0. The van der Waals surface area contributed by atoms with Gasteiger partial charge in [0.25, 0.3) is 0 Å². The van der Waals surface area contributed by atoms with Gasteiger partial charge in [-0.3, -0.25) is 0 Å². The lowest BCUT2D eigenvalue weighted by molar-refractivity contribution is 0.802. The zero-order chi connectivity index (χ0) is 33.7. The summed E-state index contributed by atoms with van der Waals surface area (Å²) in [5.41, 5.74) is 15.0. The van der Waals surface area contributed by atoms with Crippen LogP contribution < -0.4 is 4.90 Å². The van der Waals surface area contributed by atoms with Crippen molar-refractivity contribution in [3.05, 3.63) is 210 Å². The number of fused-ring (bicyclic) bond motifs is 17. The van der Waals surface area contributed by atoms with E-state index in [1.54, 1.807) is 0 Å². The molecule has 0 bridgehead atoms. The lowest BCUT2D eigenvalue weighted by atomic mass is 9.69. The molecule has 0 aliphatic heterocycles. The Morgan fingerprint density at radius 3 is 1.55 bits per heavy atom. The van der Waals surface area contributed by atoms with Gasteiger partial charge in [-0.25, -0.2) is 0 Å². The summed E-state index contributed by atoms with van der Waals surface area (Å²) >= 11 is 0. The number of nitrogens with zero attached hydrogens (tertiary/aromatic N) is 1. The van der Waals surface area contributed by atoms with Gasteiger partial charge in [0, 0.05) is 16.8 Å². The molecule has 1 spiro atoms. The summed E-state index contributed by atoms with van der Waals surface area (Å²) in [6.07, 6.45) is 0. The third kappa shape index (κ3) is 3.70. The third-order valence-electron chi connectivity index (χ3n) is 11.5. The van der Waals surface area contributed by atoms with Crippen LogP contribution in [0.15, 0.2) is 182 Å². The van der Waals surface area contributed by atoms with E-state index in [9.17, 15) is 0 Å². The first-order valence-electron chi connectivity index (χ1n) is 17.9. The second kappa shape index (κ2) is 10.5. The smallest absolute Gasteiger partial charge is 0.0732 e. The molecule has 2 aliphatic carbocycles. The standard InChI is InChI=1S/C50H33N/c1-32-16-15-19-34(30-32)51(33-17-3-2-4-18-33)46-31-45-47(41-26-9-7-24-39(41)46)48-40-25-8-5-20-35(40)36-21-6-10-27-42(36)49(48)50(45)43-28-13-11-22-37(43)38-23-12-14-29-44(38)50/h2-31H,1H3. The Morgan fingerprint density at radius 2 is 0.882 bits per heavy atom. The SMILES string of the molecule is Cc1cccc(N(c2ccccc2)c2cc3c(c4ccccc24)-c2c(c4ccccc4c4ccccc24)C32c3ccccc3-c3ccccc32)c1. The second-order valence-corrected chi connectivity index (χ2v) is 14.1. The number of hydrogen-bond acceptors (Lipinski definition) is 1. The van der Waals surface area contributed by atoms with Crippen LogP contribution in [-0.2, 0) is 5.41 Å². The van der Waals surface area contributed by atoms with Gasteiger partial charge in [0.1, 0.15) is 0 Å². The predicted molar refractivity (Wildman–Crippen MR) is 215 cm³/mol. The van der Waals surface area contributed by atoms with Crippen LogP contribution in [0.3, 0.4) is 0 Å². The first-order valence-corrected chi connectivity index (χ1v) is 17.9. The first-order chi connectivity index (χ1) is 25.2. The lowest BCUT2D eigenvalue weighted by Gasteiger charge is -2.33. The maximum Gasteiger partial charge on any atom is 0.0732 e. The molecular formula is C50H33N. The summed E-state index contributed by atoms with van der Waals surface area (Å²) in [6, 6.07) is 67.9. The fraction of sp³-hybridized carbons (Fsp3) is 0.0400.